The second-order valence-corrected chi connectivity index (χ2v) is 5.80. The number of nitrogens with zero attached hydrogens (tertiary/aromatic N) is 2. The van der Waals surface area contributed by atoms with Gasteiger partial charge in [-0.1, -0.05) is 6.42 Å². The van der Waals surface area contributed by atoms with E-state index in [1.165, 1.54) is 12.1 Å². The zero-order chi connectivity index (χ0) is 15.0. The number of benzene rings is 1. The first kappa shape index (κ1) is 14.0. The average Bonchev–Trinajstić information content (AvgIpc) is 2.41. The molecule has 1 heterocycles. The van der Waals surface area contributed by atoms with Crippen LogP contribution in [0.3, 0.4) is 0 Å². The molecule has 0 N–H and O–H groups in total. The highest BCUT2D eigenvalue weighted by Gasteiger charge is 2.38. The van der Waals surface area contributed by atoms with Crippen molar-refractivity contribution in [1.29, 1.82) is 0 Å². The van der Waals surface area contributed by atoms with Crippen LogP contribution in [-0.2, 0) is 9.59 Å². The molecule has 1 aliphatic heterocycles. The summed E-state index contributed by atoms with van der Waals surface area (Å²) in [5.74, 6) is -0.197. The number of halogens is 1. The zero-order valence-electron chi connectivity index (χ0n) is 12.1. The molecule has 5 heteroatoms. The number of amides is 2. The number of anilines is 1. The summed E-state index contributed by atoms with van der Waals surface area (Å²) in [6.45, 7) is 2.78. The quantitative estimate of drug-likeness (QED) is 0.837. The molecule has 1 aliphatic carbocycles. The van der Waals surface area contributed by atoms with Crippen molar-refractivity contribution in [1.82, 2.24) is 4.90 Å². The highest BCUT2D eigenvalue weighted by molar-refractivity contribution is 6.00. The maximum absolute atomic E-state index is 13.0. The van der Waals surface area contributed by atoms with Crippen molar-refractivity contribution in [3.05, 3.63) is 30.1 Å². The second kappa shape index (κ2) is 5.47. The number of rotatable bonds is 2. The lowest BCUT2D eigenvalue weighted by atomic mass is 9.84. The van der Waals surface area contributed by atoms with Gasteiger partial charge in [-0.2, -0.15) is 0 Å². The van der Waals surface area contributed by atoms with Crippen LogP contribution in [0.15, 0.2) is 24.3 Å². The molecule has 4 nitrogen and oxygen atoms in total. The van der Waals surface area contributed by atoms with Crippen molar-refractivity contribution >= 4 is 17.5 Å². The van der Waals surface area contributed by atoms with Gasteiger partial charge in [0.2, 0.25) is 11.8 Å². The summed E-state index contributed by atoms with van der Waals surface area (Å²) in [5, 5.41) is 0. The summed E-state index contributed by atoms with van der Waals surface area (Å²) < 4.78 is 13.0. The van der Waals surface area contributed by atoms with Gasteiger partial charge in [-0.3, -0.25) is 9.59 Å². The van der Waals surface area contributed by atoms with Crippen molar-refractivity contribution in [3.8, 4) is 0 Å². The summed E-state index contributed by atoms with van der Waals surface area (Å²) >= 11 is 0. The van der Waals surface area contributed by atoms with Gasteiger partial charge in [0, 0.05) is 24.7 Å². The number of piperazine rings is 1. The molecule has 21 heavy (non-hydrogen) atoms. The Labute approximate surface area is 123 Å². The van der Waals surface area contributed by atoms with Gasteiger partial charge >= 0.3 is 0 Å². The molecule has 2 amide bonds. The SMILES string of the molecule is CC1C(=O)N(c2ccc(F)cc2)CCN1C(=O)C1CCC1. The molecule has 1 aromatic carbocycles. The Balaban J connectivity index is 1.73. The third-order valence-corrected chi connectivity index (χ3v) is 4.53. The molecule has 2 fully saturated rings. The van der Waals surface area contributed by atoms with Crippen LogP contribution in [0.1, 0.15) is 26.2 Å². The van der Waals surface area contributed by atoms with E-state index in [0.29, 0.717) is 18.8 Å². The topological polar surface area (TPSA) is 40.6 Å². The van der Waals surface area contributed by atoms with Crippen LogP contribution in [0.2, 0.25) is 0 Å². The van der Waals surface area contributed by atoms with Crippen LogP contribution in [0.4, 0.5) is 10.1 Å². The highest BCUT2D eigenvalue weighted by atomic mass is 19.1. The Kier molecular flexibility index (Phi) is 3.66. The Morgan fingerprint density at radius 2 is 1.86 bits per heavy atom. The van der Waals surface area contributed by atoms with Crippen molar-refractivity contribution in [3.63, 3.8) is 0 Å². The molecule has 1 aromatic rings. The molecule has 0 bridgehead atoms. The van der Waals surface area contributed by atoms with Crippen LogP contribution < -0.4 is 4.90 Å². The normalized spacial score (nSPS) is 23.1. The predicted molar refractivity (Wildman–Crippen MR) is 77.3 cm³/mol. The van der Waals surface area contributed by atoms with Gasteiger partial charge in [0.25, 0.3) is 0 Å². The molecule has 0 aromatic heterocycles. The van der Waals surface area contributed by atoms with Gasteiger partial charge in [0.05, 0.1) is 0 Å². The van der Waals surface area contributed by atoms with Crippen molar-refractivity contribution < 1.29 is 14.0 Å². The van der Waals surface area contributed by atoms with Gasteiger partial charge in [-0.15, -0.1) is 0 Å². The van der Waals surface area contributed by atoms with E-state index in [0.717, 1.165) is 19.3 Å². The van der Waals surface area contributed by atoms with Crippen molar-refractivity contribution in [2.45, 2.75) is 32.2 Å². The minimum Gasteiger partial charge on any atom is -0.329 e. The third kappa shape index (κ3) is 2.52. The molecule has 2 aliphatic rings. The lowest BCUT2D eigenvalue weighted by Crippen LogP contribution is -2.59. The summed E-state index contributed by atoms with van der Waals surface area (Å²) in [4.78, 5) is 28.2. The number of hydrogen-bond acceptors (Lipinski definition) is 2. The number of carbonyl (C=O) groups excluding carboxylic acids is 2. The molecular weight excluding hydrogens is 271 g/mol. The van der Waals surface area contributed by atoms with E-state index >= 15 is 0 Å². The van der Waals surface area contributed by atoms with E-state index in [1.54, 1.807) is 28.9 Å². The smallest absolute Gasteiger partial charge is 0.249 e. The average molecular weight is 290 g/mol. The summed E-state index contributed by atoms with van der Waals surface area (Å²) in [6, 6.07) is 5.45. The fraction of sp³-hybridized carbons (Fsp3) is 0.500. The molecule has 1 saturated heterocycles. The predicted octanol–water partition coefficient (Wildman–Crippen LogP) is 2.19. The Morgan fingerprint density at radius 3 is 2.43 bits per heavy atom. The van der Waals surface area contributed by atoms with Gasteiger partial charge in [0.15, 0.2) is 0 Å². The van der Waals surface area contributed by atoms with Crippen LogP contribution in [0, 0.1) is 11.7 Å². The number of hydrogen-bond donors (Lipinski definition) is 0. The summed E-state index contributed by atoms with van der Waals surface area (Å²) in [6.07, 6.45) is 2.99. The molecule has 0 spiro atoms. The summed E-state index contributed by atoms with van der Waals surface area (Å²) in [5.41, 5.74) is 0.684. The molecular formula is C16H19FN2O2. The van der Waals surface area contributed by atoms with Crippen LogP contribution >= 0.6 is 0 Å². The minimum absolute atomic E-state index is 0.0967. The van der Waals surface area contributed by atoms with Crippen LogP contribution in [0.5, 0.6) is 0 Å². The van der Waals surface area contributed by atoms with E-state index in [2.05, 4.69) is 0 Å². The first-order valence-corrected chi connectivity index (χ1v) is 7.45. The third-order valence-electron chi connectivity index (χ3n) is 4.53. The monoisotopic (exact) mass is 290 g/mol. The Hall–Kier alpha value is -1.91. The van der Waals surface area contributed by atoms with Gasteiger partial charge < -0.3 is 9.80 Å². The van der Waals surface area contributed by atoms with E-state index in [-0.39, 0.29) is 23.5 Å². The van der Waals surface area contributed by atoms with Crippen LogP contribution in [-0.4, -0.2) is 35.8 Å². The minimum atomic E-state index is -0.447. The zero-order valence-corrected chi connectivity index (χ0v) is 12.1. The van der Waals surface area contributed by atoms with E-state index < -0.39 is 6.04 Å². The maximum atomic E-state index is 13.0. The lowest BCUT2D eigenvalue weighted by Gasteiger charge is -2.41. The highest BCUT2D eigenvalue weighted by Crippen LogP contribution is 2.30. The maximum Gasteiger partial charge on any atom is 0.249 e. The van der Waals surface area contributed by atoms with Crippen molar-refractivity contribution in [2.75, 3.05) is 18.0 Å². The number of carbonyl (C=O) groups is 2. The molecule has 1 saturated carbocycles. The molecule has 0 radical (unpaired) electrons. The fourth-order valence-electron chi connectivity index (χ4n) is 2.94. The summed E-state index contributed by atoms with van der Waals surface area (Å²) in [7, 11) is 0. The first-order valence-electron chi connectivity index (χ1n) is 7.45. The Bertz CT molecular complexity index is 554. The standard InChI is InChI=1S/C16H19FN2O2/c1-11-15(20)19(14-7-5-13(17)6-8-14)10-9-18(11)16(21)12-3-2-4-12/h5-8,11-12H,2-4,9-10H2,1H3. The van der Waals surface area contributed by atoms with Crippen LogP contribution in [0.25, 0.3) is 0 Å². The van der Waals surface area contributed by atoms with Gasteiger partial charge in [-0.25, -0.2) is 4.39 Å². The van der Waals surface area contributed by atoms with E-state index in [1.807, 2.05) is 0 Å². The van der Waals surface area contributed by atoms with Crippen molar-refractivity contribution in [2.24, 2.45) is 5.92 Å². The second-order valence-electron chi connectivity index (χ2n) is 5.80. The Morgan fingerprint density at radius 1 is 1.19 bits per heavy atom. The molecule has 3 rings (SSSR count). The molecule has 1 atom stereocenters. The van der Waals surface area contributed by atoms with Gasteiger partial charge in [0.1, 0.15) is 11.9 Å². The van der Waals surface area contributed by atoms with E-state index in [9.17, 15) is 14.0 Å². The first-order chi connectivity index (χ1) is 10.1. The molecule has 1 unspecified atom stereocenters. The van der Waals surface area contributed by atoms with Gasteiger partial charge in [-0.05, 0) is 44.0 Å². The lowest BCUT2D eigenvalue weighted by molar-refractivity contribution is -0.146. The molecule has 112 valence electrons. The fourth-order valence-corrected chi connectivity index (χ4v) is 2.94. The van der Waals surface area contributed by atoms with E-state index in [4.69, 9.17) is 0 Å². The largest absolute Gasteiger partial charge is 0.329 e.